The average Bonchev–Trinajstić information content (AvgIpc) is 2.68. The summed E-state index contributed by atoms with van der Waals surface area (Å²) >= 11 is 3.42. The Hall–Kier alpha value is -2.60. The third-order valence-corrected chi connectivity index (χ3v) is 5.45. The molecule has 0 bridgehead atoms. The summed E-state index contributed by atoms with van der Waals surface area (Å²) in [6.45, 7) is 3.65. The summed E-state index contributed by atoms with van der Waals surface area (Å²) in [5, 5.41) is 10.0. The maximum absolute atomic E-state index is 12.6. The number of hydrogen-bond donors (Lipinski definition) is 1. The Morgan fingerprint density at radius 2 is 1.93 bits per heavy atom. The van der Waals surface area contributed by atoms with E-state index in [-0.39, 0.29) is 5.43 Å². The first-order valence-corrected chi connectivity index (χ1v) is 9.89. The van der Waals surface area contributed by atoms with Crippen molar-refractivity contribution >= 4 is 32.9 Å². The Bertz CT molecular complexity index is 1060. The maximum atomic E-state index is 12.6. The SMILES string of the molecule is CCc1c(C)oc2c(Br)c(OC(CCc3ccccc3)C(=O)O)ccc2c1=O. The summed E-state index contributed by atoms with van der Waals surface area (Å²) in [6, 6.07) is 12.9. The quantitative estimate of drug-likeness (QED) is 0.561. The van der Waals surface area contributed by atoms with Gasteiger partial charge < -0.3 is 14.3 Å². The summed E-state index contributed by atoms with van der Waals surface area (Å²) in [6.07, 6.45) is 0.468. The van der Waals surface area contributed by atoms with Gasteiger partial charge in [0.05, 0.1) is 5.39 Å². The van der Waals surface area contributed by atoms with Gasteiger partial charge in [-0.2, -0.15) is 0 Å². The van der Waals surface area contributed by atoms with Crippen LogP contribution in [0.15, 0.2) is 56.1 Å². The first-order valence-electron chi connectivity index (χ1n) is 9.10. The van der Waals surface area contributed by atoms with Crippen LogP contribution in [0.2, 0.25) is 0 Å². The molecule has 1 N–H and O–H groups in total. The molecule has 0 spiro atoms. The molecule has 5 nitrogen and oxygen atoms in total. The lowest BCUT2D eigenvalue weighted by Crippen LogP contribution is -2.27. The van der Waals surface area contributed by atoms with Crippen molar-refractivity contribution in [3.8, 4) is 5.75 Å². The van der Waals surface area contributed by atoms with Crippen LogP contribution in [0.25, 0.3) is 11.0 Å². The second-order valence-corrected chi connectivity index (χ2v) is 7.34. The zero-order chi connectivity index (χ0) is 20.3. The first kappa shape index (κ1) is 20.1. The van der Waals surface area contributed by atoms with Crippen LogP contribution in [0.4, 0.5) is 0 Å². The number of aryl methyl sites for hydroxylation is 2. The van der Waals surface area contributed by atoms with E-state index < -0.39 is 12.1 Å². The standard InChI is InChI=1S/C22H21BrO5/c1-3-15-13(2)27-21-16(20(15)24)10-12-17(19(21)23)28-18(22(25)26)11-9-14-7-5-4-6-8-14/h4-8,10,12,18H,3,9,11H2,1-2H3,(H,25,26). The smallest absolute Gasteiger partial charge is 0.344 e. The van der Waals surface area contributed by atoms with E-state index in [1.807, 2.05) is 37.3 Å². The Morgan fingerprint density at radius 1 is 1.21 bits per heavy atom. The predicted octanol–water partition coefficient (Wildman–Crippen LogP) is 4.89. The van der Waals surface area contributed by atoms with Gasteiger partial charge in [0.1, 0.15) is 16.0 Å². The van der Waals surface area contributed by atoms with Crippen molar-refractivity contribution in [2.45, 2.75) is 39.2 Å². The molecule has 0 aliphatic carbocycles. The molecule has 146 valence electrons. The number of fused-ring (bicyclic) bond motifs is 1. The highest BCUT2D eigenvalue weighted by atomic mass is 79.9. The van der Waals surface area contributed by atoms with Crippen molar-refractivity contribution in [3.05, 3.63) is 74.0 Å². The third-order valence-electron chi connectivity index (χ3n) is 4.70. The number of rotatable bonds is 7. The summed E-state index contributed by atoms with van der Waals surface area (Å²) < 4.78 is 12.0. The molecule has 0 aliphatic heterocycles. The van der Waals surface area contributed by atoms with Gasteiger partial charge in [-0.1, -0.05) is 37.3 Å². The van der Waals surface area contributed by atoms with E-state index in [9.17, 15) is 14.7 Å². The van der Waals surface area contributed by atoms with Gasteiger partial charge >= 0.3 is 5.97 Å². The minimum atomic E-state index is -1.04. The second kappa shape index (κ2) is 8.61. The molecule has 28 heavy (non-hydrogen) atoms. The van der Waals surface area contributed by atoms with Crippen molar-refractivity contribution in [2.24, 2.45) is 0 Å². The van der Waals surface area contributed by atoms with E-state index in [0.29, 0.717) is 51.8 Å². The number of carboxylic acid groups (broad SMARTS) is 1. The lowest BCUT2D eigenvalue weighted by atomic mass is 10.1. The molecule has 0 fully saturated rings. The number of hydrogen-bond acceptors (Lipinski definition) is 4. The number of aliphatic carboxylic acids is 1. The van der Waals surface area contributed by atoms with Crippen molar-refractivity contribution in [1.29, 1.82) is 0 Å². The van der Waals surface area contributed by atoms with E-state index in [0.717, 1.165) is 5.56 Å². The Balaban J connectivity index is 1.90. The Labute approximate surface area is 171 Å². The zero-order valence-electron chi connectivity index (χ0n) is 15.7. The van der Waals surface area contributed by atoms with E-state index >= 15 is 0 Å². The van der Waals surface area contributed by atoms with Crippen LogP contribution < -0.4 is 10.2 Å². The van der Waals surface area contributed by atoms with Crippen LogP contribution in [0.5, 0.6) is 5.75 Å². The Morgan fingerprint density at radius 3 is 2.57 bits per heavy atom. The van der Waals surface area contributed by atoms with Gasteiger partial charge in [0, 0.05) is 5.56 Å². The number of benzene rings is 2. The van der Waals surface area contributed by atoms with Gasteiger partial charge in [-0.05, 0) is 59.8 Å². The molecule has 0 aliphatic rings. The highest BCUT2D eigenvalue weighted by Gasteiger charge is 2.22. The summed E-state index contributed by atoms with van der Waals surface area (Å²) in [7, 11) is 0. The fourth-order valence-corrected chi connectivity index (χ4v) is 3.70. The lowest BCUT2D eigenvalue weighted by Gasteiger charge is -2.17. The van der Waals surface area contributed by atoms with E-state index in [4.69, 9.17) is 9.15 Å². The van der Waals surface area contributed by atoms with Crippen LogP contribution in [0.3, 0.4) is 0 Å². The van der Waals surface area contributed by atoms with Crippen LogP contribution in [0.1, 0.15) is 30.2 Å². The fourth-order valence-electron chi connectivity index (χ4n) is 3.18. The van der Waals surface area contributed by atoms with E-state index in [1.165, 1.54) is 0 Å². The molecule has 0 saturated heterocycles. The van der Waals surface area contributed by atoms with E-state index in [2.05, 4.69) is 15.9 Å². The number of carboxylic acids is 1. The van der Waals surface area contributed by atoms with Crippen molar-refractivity contribution in [2.75, 3.05) is 0 Å². The summed E-state index contributed by atoms with van der Waals surface area (Å²) in [4.78, 5) is 24.3. The number of carbonyl (C=O) groups is 1. The summed E-state index contributed by atoms with van der Waals surface area (Å²) in [5.74, 6) is -0.154. The van der Waals surface area contributed by atoms with Crippen molar-refractivity contribution < 1.29 is 19.1 Å². The molecular formula is C22H21BrO5. The zero-order valence-corrected chi connectivity index (χ0v) is 17.3. The second-order valence-electron chi connectivity index (χ2n) is 6.54. The molecule has 0 saturated carbocycles. The van der Waals surface area contributed by atoms with Gasteiger partial charge in [0.15, 0.2) is 17.1 Å². The maximum Gasteiger partial charge on any atom is 0.344 e. The molecule has 3 aromatic rings. The molecule has 0 amide bonds. The van der Waals surface area contributed by atoms with Crippen LogP contribution >= 0.6 is 15.9 Å². The molecule has 1 heterocycles. The molecule has 1 aromatic heterocycles. The van der Waals surface area contributed by atoms with Crippen molar-refractivity contribution in [3.63, 3.8) is 0 Å². The third kappa shape index (κ3) is 4.12. The lowest BCUT2D eigenvalue weighted by molar-refractivity contribution is -0.145. The van der Waals surface area contributed by atoms with Gasteiger partial charge in [0.2, 0.25) is 0 Å². The molecule has 3 rings (SSSR count). The predicted molar refractivity (Wildman–Crippen MR) is 111 cm³/mol. The fraction of sp³-hybridized carbons (Fsp3) is 0.273. The van der Waals surface area contributed by atoms with Crippen LogP contribution in [-0.4, -0.2) is 17.2 Å². The van der Waals surface area contributed by atoms with Crippen molar-refractivity contribution in [1.82, 2.24) is 0 Å². The van der Waals surface area contributed by atoms with Gasteiger partial charge in [0.25, 0.3) is 0 Å². The largest absolute Gasteiger partial charge is 0.479 e. The number of halogens is 1. The molecule has 1 unspecified atom stereocenters. The molecule has 0 radical (unpaired) electrons. The van der Waals surface area contributed by atoms with Gasteiger partial charge in [-0.25, -0.2) is 4.79 Å². The minimum Gasteiger partial charge on any atom is -0.479 e. The molecule has 6 heteroatoms. The monoisotopic (exact) mass is 444 g/mol. The normalized spacial score (nSPS) is 12.1. The minimum absolute atomic E-state index is 0.0765. The average molecular weight is 445 g/mol. The van der Waals surface area contributed by atoms with Gasteiger partial charge in [-0.15, -0.1) is 0 Å². The topological polar surface area (TPSA) is 76.7 Å². The van der Waals surface area contributed by atoms with Gasteiger partial charge in [-0.3, -0.25) is 4.79 Å². The molecule has 1 atom stereocenters. The highest BCUT2D eigenvalue weighted by molar-refractivity contribution is 9.10. The Kier molecular flexibility index (Phi) is 6.19. The highest BCUT2D eigenvalue weighted by Crippen LogP contribution is 2.34. The molecule has 2 aromatic carbocycles. The van der Waals surface area contributed by atoms with Crippen LogP contribution in [-0.2, 0) is 17.6 Å². The molecular weight excluding hydrogens is 424 g/mol. The number of ether oxygens (including phenoxy) is 1. The van der Waals surface area contributed by atoms with E-state index in [1.54, 1.807) is 19.1 Å². The summed E-state index contributed by atoms with van der Waals surface area (Å²) in [5.41, 5.74) is 1.97. The van der Waals surface area contributed by atoms with Crippen LogP contribution in [0, 0.1) is 6.92 Å². The first-order chi connectivity index (χ1) is 13.4.